The lowest BCUT2D eigenvalue weighted by atomic mass is 9.74. The molecule has 0 aromatic heterocycles. The van der Waals surface area contributed by atoms with Crippen LogP contribution in [0.5, 0.6) is 0 Å². The average Bonchev–Trinajstić information content (AvgIpc) is 2.92. The highest BCUT2D eigenvalue weighted by atomic mass is 79.9. The Morgan fingerprint density at radius 1 is 1.48 bits per heavy atom. The van der Waals surface area contributed by atoms with Crippen molar-refractivity contribution in [2.45, 2.75) is 12.8 Å². The van der Waals surface area contributed by atoms with Gasteiger partial charge in [-0.2, -0.15) is 0 Å². The molecule has 1 aromatic carbocycles. The third-order valence-corrected chi connectivity index (χ3v) is 5.61. The number of carbonyl (C=O) groups is 2. The standard InChI is InChI=1S/C16H17BrFNO4/c17-13-2-1-12(18)5-10(13)6-14(20)19-7-11-8-23-4-3-16(11,9-19)15(21)22/h1-2,5,11H,3-4,6-9H2,(H,21,22)/t11-,16+/m0/s1. The van der Waals surface area contributed by atoms with E-state index in [1.54, 1.807) is 11.0 Å². The lowest BCUT2D eigenvalue weighted by Gasteiger charge is -2.33. The van der Waals surface area contributed by atoms with Crippen molar-refractivity contribution in [1.82, 2.24) is 4.90 Å². The predicted molar refractivity (Wildman–Crippen MR) is 83.4 cm³/mol. The molecule has 2 saturated heterocycles. The summed E-state index contributed by atoms with van der Waals surface area (Å²) in [5.41, 5.74) is -0.349. The van der Waals surface area contributed by atoms with Gasteiger partial charge in [-0.15, -0.1) is 0 Å². The zero-order valence-corrected chi connectivity index (χ0v) is 14.0. The van der Waals surface area contributed by atoms with Crippen molar-refractivity contribution >= 4 is 27.8 Å². The molecule has 1 N–H and O–H groups in total. The summed E-state index contributed by atoms with van der Waals surface area (Å²) in [6, 6.07) is 4.20. The van der Waals surface area contributed by atoms with Crippen LogP contribution in [0.3, 0.4) is 0 Å². The number of ether oxygens (including phenoxy) is 1. The van der Waals surface area contributed by atoms with E-state index in [2.05, 4.69) is 15.9 Å². The van der Waals surface area contributed by atoms with Gasteiger partial charge in [-0.05, 0) is 30.2 Å². The molecule has 0 spiro atoms. The van der Waals surface area contributed by atoms with Crippen LogP contribution in [0.1, 0.15) is 12.0 Å². The highest BCUT2D eigenvalue weighted by molar-refractivity contribution is 9.10. The summed E-state index contributed by atoms with van der Waals surface area (Å²) in [5.74, 6) is -1.64. The molecule has 124 valence electrons. The zero-order valence-electron chi connectivity index (χ0n) is 12.4. The van der Waals surface area contributed by atoms with E-state index in [1.165, 1.54) is 12.1 Å². The molecule has 23 heavy (non-hydrogen) atoms. The second kappa shape index (κ2) is 6.20. The summed E-state index contributed by atoms with van der Waals surface area (Å²) in [4.78, 5) is 25.8. The average molecular weight is 386 g/mol. The van der Waals surface area contributed by atoms with Gasteiger partial charge in [0, 0.05) is 30.1 Å². The Kier molecular flexibility index (Phi) is 4.42. The fourth-order valence-electron chi connectivity index (χ4n) is 3.44. The lowest BCUT2D eigenvalue weighted by Crippen LogP contribution is -2.45. The zero-order chi connectivity index (χ0) is 16.6. The van der Waals surface area contributed by atoms with Gasteiger partial charge >= 0.3 is 5.97 Å². The van der Waals surface area contributed by atoms with Crippen LogP contribution in [-0.2, 0) is 20.7 Å². The molecule has 7 heteroatoms. The summed E-state index contributed by atoms with van der Waals surface area (Å²) in [7, 11) is 0. The number of hydrogen-bond acceptors (Lipinski definition) is 3. The molecule has 0 bridgehead atoms. The lowest BCUT2D eigenvalue weighted by molar-refractivity contribution is -0.157. The van der Waals surface area contributed by atoms with Crippen molar-refractivity contribution in [3.05, 3.63) is 34.1 Å². The van der Waals surface area contributed by atoms with Gasteiger partial charge in [-0.1, -0.05) is 15.9 Å². The first kappa shape index (κ1) is 16.4. The van der Waals surface area contributed by atoms with Crippen LogP contribution in [0, 0.1) is 17.2 Å². The van der Waals surface area contributed by atoms with Gasteiger partial charge < -0.3 is 14.7 Å². The Hall–Kier alpha value is -1.47. The Bertz CT molecular complexity index is 653. The third-order valence-electron chi connectivity index (χ3n) is 4.83. The molecule has 5 nitrogen and oxygen atoms in total. The molecule has 0 aliphatic carbocycles. The number of likely N-dealkylation sites (tertiary alicyclic amines) is 1. The van der Waals surface area contributed by atoms with Gasteiger partial charge in [0.15, 0.2) is 0 Å². The number of fused-ring (bicyclic) bond motifs is 1. The van der Waals surface area contributed by atoms with Crippen LogP contribution in [0.2, 0.25) is 0 Å². The summed E-state index contributed by atoms with van der Waals surface area (Å²) in [6.07, 6.45) is 0.460. The fourth-order valence-corrected chi connectivity index (χ4v) is 3.83. The van der Waals surface area contributed by atoms with Crippen molar-refractivity contribution in [3.8, 4) is 0 Å². The van der Waals surface area contributed by atoms with Crippen molar-refractivity contribution in [1.29, 1.82) is 0 Å². The highest BCUT2D eigenvalue weighted by Gasteiger charge is 2.54. The number of aliphatic carboxylic acids is 1. The van der Waals surface area contributed by atoms with Crippen molar-refractivity contribution < 1.29 is 23.8 Å². The molecule has 2 aliphatic rings. The minimum atomic E-state index is -0.910. The van der Waals surface area contributed by atoms with Gasteiger partial charge in [0.1, 0.15) is 5.82 Å². The smallest absolute Gasteiger partial charge is 0.311 e. The van der Waals surface area contributed by atoms with E-state index >= 15 is 0 Å². The van der Waals surface area contributed by atoms with Crippen molar-refractivity contribution in [2.24, 2.45) is 11.3 Å². The largest absolute Gasteiger partial charge is 0.481 e. The van der Waals surface area contributed by atoms with E-state index in [0.717, 1.165) is 0 Å². The molecule has 0 radical (unpaired) electrons. The number of rotatable bonds is 3. The molecule has 2 fully saturated rings. The van der Waals surface area contributed by atoms with Gasteiger partial charge in [0.25, 0.3) is 0 Å². The van der Waals surface area contributed by atoms with Crippen LogP contribution in [0.25, 0.3) is 0 Å². The Balaban J connectivity index is 1.76. The van der Waals surface area contributed by atoms with E-state index in [1.807, 2.05) is 0 Å². The summed E-state index contributed by atoms with van der Waals surface area (Å²) >= 11 is 3.31. The van der Waals surface area contributed by atoms with Crippen LogP contribution in [-0.4, -0.2) is 48.2 Å². The maximum absolute atomic E-state index is 13.3. The third kappa shape index (κ3) is 2.99. The molecule has 2 aliphatic heterocycles. The van der Waals surface area contributed by atoms with Crippen LogP contribution in [0.4, 0.5) is 4.39 Å². The van der Waals surface area contributed by atoms with Crippen molar-refractivity contribution in [2.75, 3.05) is 26.3 Å². The maximum Gasteiger partial charge on any atom is 0.311 e. The number of benzene rings is 1. The summed E-state index contributed by atoms with van der Waals surface area (Å²) < 4.78 is 19.4. The second-order valence-electron chi connectivity index (χ2n) is 6.17. The predicted octanol–water partition coefficient (Wildman–Crippen LogP) is 2.08. The molecule has 0 saturated carbocycles. The monoisotopic (exact) mass is 385 g/mol. The van der Waals surface area contributed by atoms with E-state index in [0.29, 0.717) is 36.2 Å². The number of carbonyl (C=O) groups excluding carboxylic acids is 1. The molecule has 1 aromatic rings. The molecule has 0 unspecified atom stereocenters. The minimum Gasteiger partial charge on any atom is -0.481 e. The van der Waals surface area contributed by atoms with E-state index < -0.39 is 17.2 Å². The van der Waals surface area contributed by atoms with Gasteiger partial charge in [-0.25, -0.2) is 4.39 Å². The van der Waals surface area contributed by atoms with E-state index in [9.17, 15) is 19.1 Å². The maximum atomic E-state index is 13.3. The first-order valence-electron chi connectivity index (χ1n) is 7.45. The number of amides is 1. The minimum absolute atomic E-state index is 0.0433. The molecular weight excluding hydrogens is 369 g/mol. The van der Waals surface area contributed by atoms with Crippen molar-refractivity contribution in [3.63, 3.8) is 0 Å². The van der Waals surface area contributed by atoms with E-state index in [-0.39, 0.29) is 24.8 Å². The van der Waals surface area contributed by atoms with Crippen LogP contribution < -0.4 is 0 Å². The first-order valence-corrected chi connectivity index (χ1v) is 8.24. The van der Waals surface area contributed by atoms with E-state index in [4.69, 9.17) is 4.74 Å². The number of nitrogens with zero attached hydrogens (tertiary/aromatic N) is 1. The Morgan fingerprint density at radius 3 is 2.96 bits per heavy atom. The fraction of sp³-hybridized carbons (Fsp3) is 0.500. The Labute approximate surface area is 141 Å². The molecule has 3 rings (SSSR count). The number of halogens is 2. The summed E-state index contributed by atoms with van der Waals surface area (Å²) in [5, 5.41) is 9.62. The van der Waals surface area contributed by atoms with Crippen LogP contribution in [0.15, 0.2) is 22.7 Å². The number of carboxylic acids is 1. The number of carboxylic acid groups (broad SMARTS) is 1. The molecule has 2 heterocycles. The topological polar surface area (TPSA) is 66.8 Å². The highest BCUT2D eigenvalue weighted by Crippen LogP contribution is 2.42. The second-order valence-corrected chi connectivity index (χ2v) is 7.02. The van der Waals surface area contributed by atoms with Gasteiger partial charge in [0.2, 0.25) is 5.91 Å². The molecular formula is C16H17BrFNO4. The quantitative estimate of drug-likeness (QED) is 0.864. The summed E-state index contributed by atoms with van der Waals surface area (Å²) in [6.45, 7) is 1.33. The molecule has 1 amide bonds. The number of hydrogen-bond donors (Lipinski definition) is 1. The SMILES string of the molecule is O=C(Cc1cc(F)ccc1Br)N1C[C@H]2COCC[C@@]2(C(=O)O)C1. The Morgan fingerprint density at radius 2 is 2.26 bits per heavy atom. The first-order chi connectivity index (χ1) is 10.9. The van der Waals surface area contributed by atoms with Gasteiger partial charge in [-0.3, -0.25) is 9.59 Å². The molecule has 2 atom stereocenters. The normalized spacial score (nSPS) is 26.9. The van der Waals surface area contributed by atoms with Crippen LogP contribution >= 0.6 is 15.9 Å². The van der Waals surface area contributed by atoms with Gasteiger partial charge in [0.05, 0.1) is 18.4 Å².